The van der Waals surface area contributed by atoms with E-state index in [0.717, 1.165) is 16.2 Å². The number of para-hydroxylation sites is 3. The topological polar surface area (TPSA) is 69.1 Å². The van der Waals surface area contributed by atoms with Gasteiger partial charge < -0.3 is 5.73 Å². The number of fused-ring (bicyclic) bond motifs is 3. The third-order valence-corrected chi connectivity index (χ3v) is 4.64. The molecule has 0 fully saturated rings. The summed E-state index contributed by atoms with van der Waals surface area (Å²) >= 11 is 1.16. The van der Waals surface area contributed by atoms with E-state index in [1.807, 2.05) is 0 Å². The fourth-order valence-corrected chi connectivity index (χ4v) is 3.40. The molecule has 0 aliphatic heterocycles. The van der Waals surface area contributed by atoms with Crippen molar-refractivity contribution in [3.05, 3.63) is 54.4 Å². The second kappa shape index (κ2) is 5.62. The molecule has 4 aromatic rings. The Morgan fingerprint density at radius 2 is 1.68 bits per heavy atom. The minimum absolute atomic E-state index is 0.0410. The maximum absolute atomic E-state index is 13.3. The van der Waals surface area contributed by atoms with Gasteiger partial charge in [-0.2, -0.15) is 13.2 Å². The van der Waals surface area contributed by atoms with Crippen LogP contribution in [0.25, 0.3) is 16.7 Å². The molecule has 0 aliphatic carbocycles. The Kier molecular flexibility index (Phi) is 3.53. The number of alkyl halides is 3. The van der Waals surface area contributed by atoms with Crippen molar-refractivity contribution in [2.45, 2.75) is 16.1 Å². The zero-order chi connectivity index (χ0) is 17.6. The van der Waals surface area contributed by atoms with Gasteiger partial charge in [0, 0.05) is 10.6 Å². The third-order valence-electron chi connectivity index (χ3n) is 3.58. The molecular formula is C16H10F3N5S. The molecule has 4 rings (SSSR count). The molecule has 0 spiro atoms. The van der Waals surface area contributed by atoms with Crippen LogP contribution in [0.1, 0.15) is 5.82 Å². The Hall–Kier alpha value is -2.81. The van der Waals surface area contributed by atoms with Crippen LogP contribution in [0, 0.1) is 0 Å². The van der Waals surface area contributed by atoms with Crippen LogP contribution in [0.4, 0.5) is 18.9 Å². The van der Waals surface area contributed by atoms with Gasteiger partial charge in [0.2, 0.25) is 5.82 Å². The molecule has 0 aliphatic rings. The van der Waals surface area contributed by atoms with Gasteiger partial charge in [-0.3, -0.25) is 4.40 Å². The summed E-state index contributed by atoms with van der Waals surface area (Å²) in [5.74, 6) is -1.08. The SMILES string of the molecule is Nc1ccccc1Sc1nc2ccccc2n2c(C(F)(F)F)nnc12. The summed E-state index contributed by atoms with van der Waals surface area (Å²) in [5.41, 5.74) is 7.19. The van der Waals surface area contributed by atoms with Gasteiger partial charge in [-0.1, -0.05) is 36.0 Å². The van der Waals surface area contributed by atoms with Crippen molar-refractivity contribution in [2.75, 3.05) is 5.73 Å². The summed E-state index contributed by atoms with van der Waals surface area (Å²) < 4.78 is 41.0. The van der Waals surface area contributed by atoms with Crippen LogP contribution < -0.4 is 5.73 Å². The smallest absolute Gasteiger partial charge is 0.398 e. The van der Waals surface area contributed by atoms with Gasteiger partial charge >= 0.3 is 6.18 Å². The lowest BCUT2D eigenvalue weighted by atomic mass is 10.3. The number of hydrogen-bond acceptors (Lipinski definition) is 5. The Morgan fingerprint density at radius 1 is 0.960 bits per heavy atom. The predicted octanol–water partition coefficient (Wildman–Crippen LogP) is 4.03. The van der Waals surface area contributed by atoms with Gasteiger partial charge in [-0.15, -0.1) is 10.2 Å². The first kappa shape index (κ1) is 15.7. The van der Waals surface area contributed by atoms with Crippen molar-refractivity contribution in [3.63, 3.8) is 0 Å². The highest BCUT2D eigenvalue weighted by molar-refractivity contribution is 7.99. The molecule has 2 heterocycles. The van der Waals surface area contributed by atoms with Crippen molar-refractivity contribution < 1.29 is 13.2 Å². The Morgan fingerprint density at radius 3 is 2.44 bits per heavy atom. The second-order valence-corrected chi connectivity index (χ2v) is 6.26. The van der Waals surface area contributed by atoms with E-state index in [1.54, 1.807) is 48.5 Å². The number of rotatable bonds is 2. The monoisotopic (exact) mass is 361 g/mol. The van der Waals surface area contributed by atoms with E-state index in [9.17, 15) is 13.2 Å². The highest BCUT2D eigenvalue weighted by Gasteiger charge is 2.38. The van der Waals surface area contributed by atoms with Gasteiger partial charge in [0.25, 0.3) is 0 Å². The van der Waals surface area contributed by atoms with Crippen LogP contribution in [0.3, 0.4) is 0 Å². The van der Waals surface area contributed by atoms with E-state index < -0.39 is 12.0 Å². The summed E-state index contributed by atoms with van der Waals surface area (Å²) in [4.78, 5) is 5.14. The fourth-order valence-electron chi connectivity index (χ4n) is 2.49. The lowest BCUT2D eigenvalue weighted by Gasteiger charge is -2.10. The molecule has 9 heteroatoms. The van der Waals surface area contributed by atoms with Gasteiger partial charge in [-0.05, 0) is 24.3 Å². The number of anilines is 1. The van der Waals surface area contributed by atoms with Gasteiger partial charge in [0.1, 0.15) is 5.03 Å². The van der Waals surface area contributed by atoms with Gasteiger partial charge in [0.05, 0.1) is 11.0 Å². The molecule has 2 aromatic carbocycles. The zero-order valence-electron chi connectivity index (χ0n) is 12.5. The summed E-state index contributed by atoms with van der Waals surface area (Å²) in [5, 5.41) is 7.38. The maximum Gasteiger partial charge on any atom is 0.452 e. The van der Waals surface area contributed by atoms with Crippen molar-refractivity contribution in [1.29, 1.82) is 0 Å². The number of halogens is 3. The first-order valence-electron chi connectivity index (χ1n) is 7.18. The Labute approximate surface area is 143 Å². The lowest BCUT2D eigenvalue weighted by molar-refractivity contribution is -0.145. The van der Waals surface area contributed by atoms with Gasteiger partial charge in [-0.25, -0.2) is 4.98 Å². The molecule has 0 amide bonds. The summed E-state index contributed by atoms with van der Waals surface area (Å²) in [7, 11) is 0. The van der Waals surface area contributed by atoms with E-state index in [-0.39, 0.29) is 5.65 Å². The summed E-state index contributed by atoms with van der Waals surface area (Å²) in [6.45, 7) is 0. The molecule has 0 radical (unpaired) electrons. The molecular weight excluding hydrogens is 351 g/mol. The van der Waals surface area contributed by atoms with Gasteiger partial charge in [0.15, 0.2) is 5.65 Å². The van der Waals surface area contributed by atoms with Crippen LogP contribution >= 0.6 is 11.8 Å². The van der Waals surface area contributed by atoms with Crippen LogP contribution in [0.15, 0.2) is 58.5 Å². The molecule has 0 saturated heterocycles. The zero-order valence-corrected chi connectivity index (χ0v) is 13.3. The van der Waals surface area contributed by atoms with Crippen molar-refractivity contribution in [2.24, 2.45) is 0 Å². The standard InChI is InChI=1S/C16H10F3N5S/c17-16(18,19)15-23-22-13-14(25-12-8-4-1-5-9(12)20)21-10-6-2-3-7-11(10)24(13)15/h1-8H,20H2. The molecule has 0 bridgehead atoms. The van der Waals surface area contributed by atoms with Crippen LogP contribution in [0.5, 0.6) is 0 Å². The van der Waals surface area contributed by atoms with E-state index in [4.69, 9.17) is 5.73 Å². The fraction of sp³-hybridized carbons (Fsp3) is 0.0625. The maximum atomic E-state index is 13.3. The van der Waals surface area contributed by atoms with Crippen LogP contribution in [0.2, 0.25) is 0 Å². The van der Waals surface area contributed by atoms with E-state index in [1.165, 1.54) is 0 Å². The normalized spacial score (nSPS) is 12.1. The Balaban J connectivity index is 2.01. The Bertz CT molecular complexity index is 1090. The van der Waals surface area contributed by atoms with E-state index >= 15 is 0 Å². The summed E-state index contributed by atoms with van der Waals surface area (Å²) in [6, 6.07) is 13.6. The second-order valence-electron chi connectivity index (χ2n) is 5.23. The minimum Gasteiger partial charge on any atom is -0.398 e. The number of benzene rings is 2. The lowest BCUT2D eigenvalue weighted by Crippen LogP contribution is -2.11. The highest BCUT2D eigenvalue weighted by atomic mass is 32.2. The molecule has 5 nitrogen and oxygen atoms in total. The summed E-state index contributed by atoms with van der Waals surface area (Å²) in [6.07, 6.45) is -4.63. The highest BCUT2D eigenvalue weighted by Crippen LogP contribution is 2.36. The van der Waals surface area contributed by atoms with Crippen LogP contribution in [-0.2, 0) is 6.18 Å². The number of nitrogens with two attached hydrogens (primary N) is 1. The number of hydrogen-bond donors (Lipinski definition) is 1. The van der Waals surface area contributed by atoms with Crippen molar-refractivity contribution in [1.82, 2.24) is 19.6 Å². The molecule has 126 valence electrons. The van der Waals surface area contributed by atoms with E-state index in [0.29, 0.717) is 26.6 Å². The van der Waals surface area contributed by atoms with Crippen molar-refractivity contribution in [3.8, 4) is 0 Å². The first-order chi connectivity index (χ1) is 11.9. The van der Waals surface area contributed by atoms with E-state index in [2.05, 4.69) is 15.2 Å². The quantitative estimate of drug-likeness (QED) is 0.546. The predicted molar refractivity (Wildman–Crippen MR) is 88.3 cm³/mol. The molecule has 2 aromatic heterocycles. The molecule has 0 saturated carbocycles. The average Bonchev–Trinajstić information content (AvgIpc) is 3.03. The molecule has 0 unspecified atom stereocenters. The third kappa shape index (κ3) is 2.66. The van der Waals surface area contributed by atoms with Crippen LogP contribution in [-0.4, -0.2) is 19.6 Å². The molecule has 2 N–H and O–H groups in total. The largest absolute Gasteiger partial charge is 0.452 e. The minimum atomic E-state index is -4.63. The number of aromatic nitrogens is 4. The average molecular weight is 361 g/mol. The number of nitrogen functional groups attached to an aromatic ring is 1. The molecule has 0 atom stereocenters. The first-order valence-corrected chi connectivity index (χ1v) is 8.00. The van der Waals surface area contributed by atoms with Crippen molar-refractivity contribution >= 4 is 34.1 Å². The number of nitrogens with zero attached hydrogens (tertiary/aromatic N) is 4. The molecule has 25 heavy (non-hydrogen) atoms.